The van der Waals surface area contributed by atoms with E-state index in [0.717, 1.165) is 0 Å². The smallest absolute Gasteiger partial charge is 0.251 e. The molecule has 6 nitrogen and oxygen atoms in total. The van der Waals surface area contributed by atoms with Gasteiger partial charge in [0.15, 0.2) is 0 Å². The van der Waals surface area contributed by atoms with Gasteiger partial charge in [0.05, 0.1) is 10.6 Å². The first kappa shape index (κ1) is 22.6. The van der Waals surface area contributed by atoms with Crippen molar-refractivity contribution < 1.29 is 17.6 Å². The predicted octanol–water partition coefficient (Wildman–Crippen LogP) is 3.07. The number of hydrogen-bond acceptors (Lipinski definition) is 4. The van der Waals surface area contributed by atoms with Gasteiger partial charge < -0.3 is 10.2 Å². The molecule has 0 aliphatic rings. The van der Waals surface area contributed by atoms with E-state index in [4.69, 9.17) is 0 Å². The van der Waals surface area contributed by atoms with Gasteiger partial charge in [0.1, 0.15) is 5.82 Å². The summed E-state index contributed by atoms with van der Waals surface area (Å²) in [5.41, 5.74) is 1.21. The van der Waals surface area contributed by atoms with Crippen molar-refractivity contribution in [3.8, 4) is 0 Å². The van der Waals surface area contributed by atoms with Crippen molar-refractivity contribution in [2.45, 2.75) is 25.3 Å². The lowest BCUT2D eigenvalue weighted by Gasteiger charge is -2.22. The summed E-state index contributed by atoms with van der Waals surface area (Å²) in [7, 11) is -3.87. The molecule has 2 aromatic rings. The Kier molecular flexibility index (Phi) is 7.92. The lowest BCUT2D eigenvalue weighted by atomic mass is 10.2. The van der Waals surface area contributed by atoms with Crippen LogP contribution in [-0.4, -0.2) is 34.0 Å². The molecule has 0 atom stereocenters. The maximum absolute atomic E-state index is 14.4. The summed E-state index contributed by atoms with van der Waals surface area (Å²) in [5, 5.41) is 2.60. The van der Waals surface area contributed by atoms with Gasteiger partial charge in [0.2, 0.25) is 10.0 Å². The molecule has 0 aliphatic carbocycles. The second-order valence-corrected chi connectivity index (χ2v) is 8.08. The Morgan fingerprint density at radius 3 is 2.52 bits per heavy atom. The SMILES string of the molecule is C=CCNC(=O)c1cccc(S(=O)(=O)NCc2ccc(N(CC)CC)c(F)c2)c1. The van der Waals surface area contributed by atoms with Crippen molar-refractivity contribution >= 4 is 21.6 Å². The van der Waals surface area contributed by atoms with Crippen LogP contribution in [0, 0.1) is 5.82 Å². The van der Waals surface area contributed by atoms with Crippen molar-refractivity contribution in [2.75, 3.05) is 24.5 Å². The molecule has 0 saturated heterocycles. The van der Waals surface area contributed by atoms with E-state index in [1.807, 2.05) is 18.7 Å². The molecule has 0 fully saturated rings. The van der Waals surface area contributed by atoms with Crippen molar-refractivity contribution in [1.82, 2.24) is 10.0 Å². The van der Waals surface area contributed by atoms with Crippen LogP contribution in [0.15, 0.2) is 60.0 Å². The number of anilines is 1. The molecular formula is C21H26FN3O3S. The van der Waals surface area contributed by atoms with Crippen LogP contribution in [-0.2, 0) is 16.6 Å². The predicted molar refractivity (Wildman–Crippen MR) is 113 cm³/mol. The molecule has 29 heavy (non-hydrogen) atoms. The summed E-state index contributed by atoms with van der Waals surface area (Å²) in [5.74, 6) is -0.790. The van der Waals surface area contributed by atoms with Gasteiger partial charge in [0, 0.05) is 31.7 Å². The van der Waals surface area contributed by atoms with Gasteiger partial charge in [-0.1, -0.05) is 18.2 Å². The summed E-state index contributed by atoms with van der Waals surface area (Å²) in [6.07, 6.45) is 1.53. The van der Waals surface area contributed by atoms with Crippen LogP contribution >= 0.6 is 0 Å². The van der Waals surface area contributed by atoms with Gasteiger partial charge in [-0.05, 0) is 49.7 Å². The standard InChI is InChI=1S/C21H26FN3O3S/c1-4-12-23-21(26)17-8-7-9-18(14-17)29(27,28)24-15-16-10-11-20(19(22)13-16)25(5-2)6-3/h4,7-11,13-14,24H,1,5-6,12,15H2,2-3H3,(H,23,26). The quantitative estimate of drug-likeness (QED) is 0.580. The maximum atomic E-state index is 14.4. The van der Waals surface area contributed by atoms with Gasteiger partial charge in [0.25, 0.3) is 5.91 Å². The van der Waals surface area contributed by atoms with Crippen LogP contribution in [0.4, 0.5) is 10.1 Å². The van der Waals surface area contributed by atoms with Crippen molar-refractivity contribution in [2.24, 2.45) is 0 Å². The average molecular weight is 420 g/mol. The molecule has 1 amide bonds. The fourth-order valence-electron chi connectivity index (χ4n) is 2.81. The Labute approximate surface area is 171 Å². The highest BCUT2D eigenvalue weighted by Crippen LogP contribution is 2.21. The van der Waals surface area contributed by atoms with Crippen LogP contribution in [0.5, 0.6) is 0 Å². The minimum absolute atomic E-state index is 0.0380. The zero-order valence-electron chi connectivity index (χ0n) is 16.6. The number of carbonyl (C=O) groups is 1. The first-order chi connectivity index (χ1) is 13.8. The van der Waals surface area contributed by atoms with Gasteiger partial charge in [-0.3, -0.25) is 4.79 Å². The van der Waals surface area contributed by atoms with E-state index in [2.05, 4.69) is 16.6 Å². The lowest BCUT2D eigenvalue weighted by Crippen LogP contribution is -2.26. The number of rotatable bonds is 10. The van der Waals surface area contributed by atoms with Crippen LogP contribution in [0.3, 0.4) is 0 Å². The Balaban J connectivity index is 2.13. The van der Waals surface area contributed by atoms with Crippen LogP contribution in [0.1, 0.15) is 29.8 Å². The Bertz CT molecular complexity index is 973. The third-order valence-corrected chi connectivity index (χ3v) is 5.79. The second kappa shape index (κ2) is 10.2. The highest BCUT2D eigenvalue weighted by molar-refractivity contribution is 7.89. The van der Waals surface area contributed by atoms with Crippen molar-refractivity contribution in [3.05, 3.63) is 72.1 Å². The van der Waals surface area contributed by atoms with E-state index in [9.17, 15) is 17.6 Å². The molecule has 0 aromatic heterocycles. The number of halogens is 1. The molecule has 0 spiro atoms. The second-order valence-electron chi connectivity index (χ2n) is 6.31. The van der Waals surface area contributed by atoms with Crippen LogP contribution in [0.2, 0.25) is 0 Å². The molecule has 2 rings (SSSR count). The Hall–Kier alpha value is -2.71. The van der Waals surface area contributed by atoms with E-state index in [-0.39, 0.29) is 23.5 Å². The van der Waals surface area contributed by atoms with E-state index >= 15 is 0 Å². The third kappa shape index (κ3) is 5.88. The lowest BCUT2D eigenvalue weighted by molar-refractivity contribution is 0.0958. The van der Waals surface area contributed by atoms with E-state index < -0.39 is 21.7 Å². The fraction of sp³-hybridized carbons (Fsp3) is 0.286. The normalized spacial score (nSPS) is 11.1. The number of carbonyl (C=O) groups excluding carboxylic acids is 1. The summed E-state index contributed by atoms with van der Waals surface area (Å²) in [6.45, 7) is 8.97. The summed E-state index contributed by atoms with van der Waals surface area (Å²) in [6, 6.07) is 10.4. The highest BCUT2D eigenvalue weighted by Gasteiger charge is 2.17. The monoisotopic (exact) mass is 419 g/mol. The molecule has 0 saturated carbocycles. The van der Waals surface area contributed by atoms with E-state index in [1.54, 1.807) is 12.1 Å². The number of nitrogens with one attached hydrogen (secondary N) is 2. The fourth-order valence-corrected chi connectivity index (χ4v) is 3.88. The first-order valence-electron chi connectivity index (χ1n) is 9.34. The van der Waals surface area contributed by atoms with Gasteiger partial charge in [-0.2, -0.15) is 0 Å². The molecule has 0 unspecified atom stereocenters. The minimum Gasteiger partial charge on any atom is -0.370 e. The largest absolute Gasteiger partial charge is 0.370 e. The summed E-state index contributed by atoms with van der Waals surface area (Å²) < 4.78 is 42.0. The third-order valence-electron chi connectivity index (χ3n) is 4.40. The molecule has 156 valence electrons. The number of hydrogen-bond donors (Lipinski definition) is 2. The molecule has 8 heteroatoms. The van der Waals surface area contributed by atoms with Crippen LogP contribution < -0.4 is 14.9 Å². The van der Waals surface area contributed by atoms with E-state index in [1.165, 1.54) is 36.4 Å². The Morgan fingerprint density at radius 2 is 1.90 bits per heavy atom. The molecule has 2 N–H and O–H groups in total. The minimum atomic E-state index is -3.87. The van der Waals surface area contributed by atoms with Gasteiger partial charge in [-0.25, -0.2) is 17.5 Å². The number of sulfonamides is 1. The van der Waals surface area contributed by atoms with E-state index in [0.29, 0.717) is 24.3 Å². The van der Waals surface area contributed by atoms with Crippen molar-refractivity contribution in [3.63, 3.8) is 0 Å². The topological polar surface area (TPSA) is 78.5 Å². The molecule has 2 aromatic carbocycles. The maximum Gasteiger partial charge on any atom is 0.251 e. The molecule has 0 bridgehead atoms. The number of nitrogens with zero attached hydrogens (tertiary/aromatic N) is 1. The number of amides is 1. The van der Waals surface area contributed by atoms with Crippen LogP contribution in [0.25, 0.3) is 0 Å². The molecule has 0 radical (unpaired) electrons. The van der Waals surface area contributed by atoms with Crippen molar-refractivity contribution in [1.29, 1.82) is 0 Å². The summed E-state index contributed by atoms with van der Waals surface area (Å²) >= 11 is 0. The van der Waals surface area contributed by atoms with Gasteiger partial charge in [-0.15, -0.1) is 6.58 Å². The molecular weight excluding hydrogens is 393 g/mol. The first-order valence-corrected chi connectivity index (χ1v) is 10.8. The van der Waals surface area contributed by atoms with Gasteiger partial charge >= 0.3 is 0 Å². The molecule has 0 heterocycles. The zero-order chi connectivity index (χ0) is 21.4. The Morgan fingerprint density at radius 1 is 1.17 bits per heavy atom. The zero-order valence-corrected chi connectivity index (χ0v) is 17.4. The highest BCUT2D eigenvalue weighted by atomic mass is 32.2. The summed E-state index contributed by atoms with van der Waals surface area (Å²) in [4.78, 5) is 13.9. The number of benzene rings is 2. The molecule has 0 aliphatic heterocycles. The average Bonchev–Trinajstić information content (AvgIpc) is 2.72.